The van der Waals surface area contributed by atoms with Gasteiger partial charge in [0.1, 0.15) is 11.7 Å². The highest BCUT2D eigenvalue weighted by molar-refractivity contribution is 6.11. The van der Waals surface area contributed by atoms with Crippen molar-refractivity contribution in [1.82, 2.24) is 0 Å². The Morgan fingerprint density at radius 3 is 2.31 bits per heavy atom. The van der Waals surface area contributed by atoms with E-state index in [9.17, 15) is 0 Å². The zero-order chi connectivity index (χ0) is 25.2. The third-order valence-electron chi connectivity index (χ3n) is 9.62. The fraction of sp³-hybridized carbons (Fsp3) is 0.394. The van der Waals surface area contributed by atoms with Crippen LogP contribution in [0.4, 0.5) is 17.1 Å². The summed E-state index contributed by atoms with van der Waals surface area (Å²) in [5.41, 5.74) is 8.37. The van der Waals surface area contributed by atoms with E-state index in [0.29, 0.717) is 0 Å². The van der Waals surface area contributed by atoms with Crippen molar-refractivity contribution in [2.24, 2.45) is 5.41 Å². The molecule has 186 valence electrons. The topological polar surface area (TPSA) is 19.6 Å². The second-order valence-corrected chi connectivity index (χ2v) is 10.8. The monoisotopic (exact) mass is 478 g/mol. The van der Waals surface area contributed by atoms with E-state index >= 15 is 0 Å². The number of benzene rings is 3. The summed E-state index contributed by atoms with van der Waals surface area (Å²) in [4.78, 5) is 5.07. The van der Waals surface area contributed by atoms with E-state index in [1.54, 1.807) is 0 Å². The van der Waals surface area contributed by atoms with Gasteiger partial charge in [-0.05, 0) is 55.0 Å². The third-order valence-corrected chi connectivity index (χ3v) is 9.62. The Morgan fingerprint density at radius 2 is 1.64 bits per heavy atom. The summed E-state index contributed by atoms with van der Waals surface area (Å²) in [5, 5.41) is 2.42. The highest BCUT2D eigenvalue weighted by Gasteiger charge is 2.62. The van der Waals surface area contributed by atoms with Crippen LogP contribution >= 0.6 is 0 Å². The summed E-state index contributed by atoms with van der Waals surface area (Å²) in [6.07, 6.45) is 7.76. The molecule has 0 aliphatic carbocycles. The maximum atomic E-state index is 6.83. The van der Waals surface area contributed by atoms with Gasteiger partial charge in [0.05, 0.1) is 17.1 Å². The number of rotatable bonds is 6. The molecule has 0 amide bonds. The molecule has 3 heterocycles. The SMILES string of the molecule is C=CC1(CC)C2N(C)c3ccccc3N2c2c(ccc3c2oc2cc(CCC)ccc23)C1(CC)CC. The predicted octanol–water partition coefficient (Wildman–Crippen LogP) is 9.11. The van der Waals surface area contributed by atoms with Gasteiger partial charge < -0.3 is 14.2 Å². The number of nitrogens with zero attached hydrogens (tertiary/aromatic N) is 2. The summed E-state index contributed by atoms with van der Waals surface area (Å²) < 4.78 is 6.83. The molecule has 2 atom stereocenters. The molecule has 0 radical (unpaired) electrons. The molecular formula is C33H38N2O. The largest absolute Gasteiger partial charge is 0.454 e. The number of fused-ring (bicyclic) bond motifs is 9. The first-order valence-electron chi connectivity index (χ1n) is 13.7. The van der Waals surface area contributed by atoms with Gasteiger partial charge in [0.25, 0.3) is 0 Å². The van der Waals surface area contributed by atoms with E-state index in [0.717, 1.165) is 43.3 Å². The quantitative estimate of drug-likeness (QED) is 0.258. The van der Waals surface area contributed by atoms with Gasteiger partial charge in [0.15, 0.2) is 5.58 Å². The lowest BCUT2D eigenvalue weighted by atomic mass is 9.52. The molecule has 3 aromatic carbocycles. The molecule has 4 aromatic rings. The van der Waals surface area contributed by atoms with Crippen LogP contribution in [0.1, 0.15) is 64.5 Å². The van der Waals surface area contributed by atoms with Crippen molar-refractivity contribution in [2.45, 2.75) is 71.4 Å². The molecule has 0 saturated carbocycles. The van der Waals surface area contributed by atoms with Crippen molar-refractivity contribution in [1.29, 1.82) is 0 Å². The Hall–Kier alpha value is -3.20. The van der Waals surface area contributed by atoms with Crippen molar-refractivity contribution < 1.29 is 4.42 Å². The molecule has 0 bridgehead atoms. The Bertz CT molecular complexity index is 1480. The summed E-state index contributed by atoms with van der Waals surface area (Å²) in [6.45, 7) is 13.8. The van der Waals surface area contributed by atoms with Crippen LogP contribution < -0.4 is 9.80 Å². The van der Waals surface area contributed by atoms with E-state index in [-0.39, 0.29) is 17.0 Å². The minimum absolute atomic E-state index is 0.0448. The van der Waals surface area contributed by atoms with Crippen LogP contribution in [0, 0.1) is 5.41 Å². The first-order valence-corrected chi connectivity index (χ1v) is 13.7. The molecule has 2 unspecified atom stereocenters. The molecule has 3 nitrogen and oxygen atoms in total. The van der Waals surface area contributed by atoms with Gasteiger partial charge in [-0.15, -0.1) is 6.58 Å². The number of para-hydroxylation sites is 2. The number of hydrogen-bond acceptors (Lipinski definition) is 3. The summed E-state index contributed by atoms with van der Waals surface area (Å²) in [7, 11) is 2.26. The zero-order valence-electron chi connectivity index (χ0n) is 22.4. The second kappa shape index (κ2) is 8.16. The van der Waals surface area contributed by atoms with E-state index in [1.165, 1.54) is 39.0 Å². The molecule has 2 aliphatic rings. The Labute approximate surface area is 215 Å². The fourth-order valence-corrected chi connectivity index (χ4v) is 7.91. The van der Waals surface area contributed by atoms with Gasteiger partial charge in [-0.2, -0.15) is 0 Å². The predicted molar refractivity (Wildman–Crippen MR) is 154 cm³/mol. The minimum atomic E-state index is -0.120. The highest BCUT2D eigenvalue weighted by Crippen LogP contribution is 2.66. The number of aryl methyl sites for hydroxylation is 1. The molecular weight excluding hydrogens is 440 g/mol. The van der Waals surface area contributed by atoms with E-state index in [2.05, 4.69) is 112 Å². The maximum Gasteiger partial charge on any atom is 0.159 e. The summed E-state index contributed by atoms with van der Waals surface area (Å²) in [6, 6.07) is 20.3. The first kappa shape index (κ1) is 23.2. The Kier molecular flexibility index (Phi) is 5.26. The van der Waals surface area contributed by atoms with E-state index in [4.69, 9.17) is 4.42 Å². The van der Waals surface area contributed by atoms with Crippen LogP contribution in [0.2, 0.25) is 0 Å². The van der Waals surface area contributed by atoms with Crippen LogP contribution in [0.3, 0.4) is 0 Å². The van der Waals surface area contributed by atoms with Crippen molar-refractivity contribution in [2.75, 3.05) is 16.8 Å². The molecule has 2 aliphatic heterocycles. The van der Waals surface area contributed by atoms with Crippen molar-refractivity contribution in [3.63, 3.8) is 0 Å². The smallest absolute Gasteiger partial charge is 0.159 e. The van der Waals surface area contributed by atoms with Crippen molar-refractivity contribution >= 4 is 39.0 Å². The highest BCUT2D eigenvalue weighted by atomic mass is 16.3. The molecule has 6 rings (SSSR count). The third kappa shape index (κ3) is 2.64. The van der Waals surface area contributed by atoms with Crippen LogP contribution in [-0.4, -0.2) is 13.2 Å². The van der Waals surface area contributed by atoms with Gasteiger partial charge in [0.2, 0.25) is 0 Å². The minimum Gasteiger partial charge on any atom is -0.454 e. The zero-order valence-corrected chi connectivity index (χ0v) is 22.4. The normalized spacial score (nSPS) is 22.1. The van der Waals surface area contributed by atoms with Gasteiger partial charge in [-0.3, -0.25) is 0 Å². The van der Waals surface area contributed by atoms with Crippen molar-refractivity contribution in [3.8, 4) is 0 Å². The summed E-state index contributed by atoms with van der Waals surface area (Å²) >= 11 is 0. The van der Waals surface area contributed by atoms with Crippen LogP contribution in [-0.2, 0) is 11.8 Å². The number of anilines is 3. The average Bonchev–Trinajstić information content (AvgIpc) is 3.43. The molecule has 3 heteroatoms. The van der Waals surface area contributed by atoms with Crippen LogP contribution in [0.25, 0.3) is 21.9 Å². The van der Waals surface area contributed by atoms with Gasteiger partial charge in [-0.25, -0.2) is 0 Å². The lowest BCUT2D eigenvalue weighted by Crippen LogP contribution is -2.63. The lowest BCUT2D eigenvalue weighted by molar-refractivity contribution is 0.108. The first-order chi connectivity index (χ1) is 17.5. The second-order valence-electron chi connectivity index (χ2n) is 10.8. The summed E-state index contributed by atoms with van der Waals surface area (Å²) in [5.74, 6) is 0. The fourth-order valence-electron chi connectivity index (χ4n) is 7.91. The Morgan fingerprint density at radius 1 is 0.917 bits per heavy atom. The standard InChI is InChI=1S/C33H38N2O/c1-7-14-22-17-18-23-24-19-20-25-29(30(24)36-28(23)21-22)35-27-16-13-12-15-26(27)34(6)31(35)33(10-4,11-5)32(25,8-2)9-3/h10,12-13,15-21,31H,4,7-9,11,14H2,1-3,5-6H3. The molecule has 0 N–H and O–H groups in total. The van der Waals surface area contributed by atoms with E-state index in [1.807, 2.05) is 0 Å². The van der Waals surface area contributed by atoms with Crippen LogP contribution in [0.5, 0.6) is 0 Å². The molecule has 1 aromatic heterocycles. The van der Waals surface area contributed by atoms with Gasteiger partial charge in [-0.1, -0.05) is 76.6 Å². The van der Waals surface area contributed by atoms with Gasteiger partial charge >= 0.3 is 0 Å². The Balaban J connectivity index is 1.76. The number of furan rings is 1. The van der Waals surface area contributed by atoms with Gasteiger partial charge in [0, 0.05) is 28.7 Å². The lowest BCUT2D eigenvalue weighted by Gasteiger charge is -2.60. The van der Waals surface area contributed by atoms with Crippen LogP contribution in [0.15, 0.2) is 71.7 Å². The molecule has 36 heavy (non-hydrogen) atoms. The molecule has 0 spiro atoms. The average molecular weight is 479 g/mol. The molecule has 0 fully saturated rings. The molecule has 0 saturated heterocycles. The van der Waals surface area contributed by atoms with Crippen molar-refractivity contribution in [3.05, 3.63) is 78.4 Å². The number of hydrogen-bond donors (Lipinski definition) is 0. The maximum absolute atomic E-state index is 6.83. The van der Waals surface area contributed by atoms with E-state index < -0.39 is 0 Å².